The Hall–Kier alpha value is -3.39. The van der Waals surface area contributed by atoms with E-state index in [0.717, 1.165) is 29.8 Å². The van der Waals surface area contributed by atoms with Gasteiger partial charge >= 0.3 is 0 Å². The molecule has 1 fully saturated rings. The van der Waals surface area contributed by atoms with Gasteiger partial charge in [-0.15, -0.1) is 5.10 Å². The van der Waals surface area contributed by atoms with E-state index in [0.29, 0.717) is 28.3 Å². The van der Waals surface area contributed by atoms with Crippen LogP contribution in [0.2, 0.25) is 5.02 Å². The van der Waals surface area contributed by atoms with Gasteiger partial charge in [0.15, 0.2) is 17.3 Å². The van der Waals surface area contributed by atoms with Gasteiger partial charge in [-0.25, -0.2) is 4.68 Å². The van der Waals surface area contributed by atoms with Gasteiger partial charge in [0.2, 0.25) is 5.91 Å². The first-order valence-corrected chi connectivity index (χ1v) is 10.7. The highest BCUT2D eigenvalue weighted by Gasteiger charge is 2.28. The number of nitrogens with one attached hydrogen (secondary N) is 1. The molecule has 1 amide bonds. The Morgan fingerprint density at radius 3 is 2.66 bits per heavy atom. The number of ether oxygens (including phenoxy) is 2. The topological polar surface area (TPSA) is 91.2 Å². The zero-order valence-electron chi connectivity index (χ0n) is 18.1. The molecule has 1 aliphatic carbocycles. The molecule has 0 atom stereocenters. The van der Waals surface area contributed by atoms with Gasteiger partial charge in [-0.2, -0.15) is 0 Å². The maximum atomic E-state index is 12.4. The fraction of sp³-hybridized carbons (Fsp3) is 0.304. The molecule has 0 bridgehead atoms. The van der Waals surface area contributed by atoms with Crippen molar-refractivity contribution < 1.29 is 14.3 Å². The molecule has 1 aliphatic rings. The van der Waals surface area contributed by atoms with Gasteiger partial charge in [-0.1, -0.05) is 11.6 Å². The summed E-state index contributed by atoms with van der Waals surface area (Å²) < 4.78 is 12.9. The van der Waals surface area contributed by atoms with E-state index in [-0.39, 0.29) is 12.0 Å². The van der Waals surface area contributed by atoms with Crippen LogP contribution in [0.3, 0.4) is 0 Å². The predicted molar refractivity (Wildman–Crippen MR) is 123 cm³/mol. The minimum absolute atomic E-state index is 0.0405. The van der Waals surface area contributed by atoms with Crippen molar-refractivity contribution >= 4 is 29.3 Å². The molecule has 9 heteroatoms. The Labute approximate surface area is 191 Å². The van der Waals surface area contributed by atoms with E-state index in [1.807, 2.05) is 42.8 Å². The van der Waals surface area contributed by atoms with Crippen molar-refractivity contribution in [3.8, 4) is 22.9 Å². The van der Waals surface area contributed by atoms with Gasteiger partial charge in [-0.3, -0.25) is 4.79 Å². The van der Waals surface area contributed by atoms with Crippen molar-refractivity contribution in [1.29, 1.82) is 0 Å². The molecule has 1 saturated carbocycles. The van der Waals surface area contributed by atoms with E-state index in [1.54, 1.807) is 25.3 Å². The molecule has 0 spiro atoms. The van der Waals surface area contributed by atoms with E-state index in [1.165, 1.54) is 6.08 Å². The van der Waals surface area contributed by atoms with Crippen molar-refractivity contribution in [2.75, 3.05) is 12.4 Å². The van der Waals surface area contributed by atoms with Gasteiger partial charge in [0.05, 0.1) is 24.3 Å². The molecule has 166 valence electrons. The Morgan fingerprint density at radius 1 is 1.25 bits per heavy atom. The largest absolute Gasteiger partial charge is 0.493 e. The zero-order valence-corrected chi connectivity index (χ0v) is 18.8. The number of carbonyl (C=O) groups excluding carboxylic acids is 1. The fourth-order valence-electron chi connectivity index (χ4n) is 3.19. The normalized spacial score (nSPS) is 13.5. The summed E-state index contributed by atoms with van der Waals surface area (Å²) >= 11 is 6.34. The lowest BCUT2D eigenvalue weighted by molar-refractivity contribution is -0.111. The molecule has 0 radical (unpaired) electrons. The summed E-state index contributed by atoms with van der Waals surface area (Å²) in [7, 11) is 1.55. The number of rotatable bonds is 8. The number of nitrogens with zero attached hydrogens (tertiary/aromatic N) is 4. The molecule has 8 nitrogen and oxygen atoms in total. The third-order valence-electron chi connectivity index (χ3n) is 4.83. The monoisotopic (exact) mass is 453 g/mol. The van der Waals surface area contributed by atoms with Crippen molar-refractivity contribution in [1.82, 2.24) is 20.2 Å². The van der Waals surface area contributed by atoms with Crippen LogP contribution < -0.4 is 14.8 Å². The van der Waals surface area contributed by atoms with E-state index < -0.39 is 0 Å². The van der Waals surface area contributed by atoms with Crippen LogP contribution >= 0.6 is 11.6 Å². The lowest BCUT2D eigenvalue weighted by Gasteiger charge is -2.15. The highest BCUT2D eigenvalue weighted by Crippen LogP contribution is 2.38. The number of halogens is 1. The number of aromatic nitrogens is 4. The van der Waals surface area contributed by atoms with Gasteiger partial charge in [-0.05, 0) is 85.2 Å². The standard InChI is InChI=1S/C23H24ClN5O3/c1-14(2)32-22-19(24)12-15(13-20(22)31-3)4-11-21(30)25-17-7-5-16(6-8-17)23-26-27-28-29(23)18-9-10-18/h4-8,11-14,18H,9-10H2,1-3H3,(H,25,30)/b11-4+. The predicted octanol–water partition coefficient (Wildman–Crippen LogP) is 4.78. The van der Waals surface area contributed by atoms with Crippen molar-refractivity contribution in [3.63, 3.8) is 0 Å². The minimum Gasteiger partial charge on any atom is -0.493 e. The first kappa shape index (κ1) is 21.8. The number of hydrogen-bond donors (Lipinski definition) is 1. The molecule has 1 N–H and O–H groups in total. The summed E-state index contributed by atoms with van der Waals surface area (Å²) in [6.45, 7) is 3.82. The van der Waals surface area contributed by atoms with Crippen molar-refractivity contribution in [2.24, 2.45) is 0 Å². The van der Waals surface area contributed by atoms with Crippen LogP contribution in [0.15, 0.2) is 42.5 Å². The average molecular weight is 454 g/mol. The SMILES string of the molecule is COc1cc(/C=C/C(=O)Nc2ccc(-c3nnnn3C3CC3)cc2)cc(Cl)c1OC(C)C. The number of amides is 1. The fourth-order valence-corrected chi connectivity index (χ4v) is 3.46. The number of anilines is 1. The molecular formula is C23H24ClN5O3. The molecule has 3 aromatic rings. The second kappa shape index (κ2) is 9.40. The molecule has 4 rings (SSSR count). The highest BCUT2D eigenvalue weighted by atomic mass is 35.5. The summed E-state index contributed by atoms with van der Waals surface area (Å²) in [6, 6.07) is 11.3. The summed E-state index contributed by atoms with van der Waals surface area (Å²) in [5.74, 6) is 1.47. The summed E-state index contributed by atoms with van der Waals surface area (Å²) in [6.07, 6.45) is 5.27. The molecular weight excluding hydrogens is 430 g/mol. The van der Waals surface area contributed by atoms with Crippen molar-refractivity contribution in [3.05, 3.63) is 53.1 Å². The lowest BCUT2D eigenvalue weighted by atomic mass is 10.1. The lowest BCUT2D eigenvalue weighted by Crippen LogP contribution is -2.08. The molecule has 0 saturated heterocycles. The quantitative estimate of drug-likeness (QED) is 0.494. The third-order valence-corrected chi connectivity index (χ3v) is 5.11. The third kappa shape index (κ3) is 5.08. The van der Waals surface area contributed by atoms with Crippen LogP contribution in [0, 0.1) is 0 Å². The molecule has 1 aromatic heterocycles. The molecule has 2 aromatic carbocycles. The van der Waals surface area contributed by atoms with Gasteiger partial charge in [0.1, 0.15) is 0 Å². The highest BCUT2D eigenvalue weighted by molar-refractivity contribution is 6.32. The van der Waals surface area contributed by atoms with E-state index in [2.05, 4.69) is 20.8 Å². The van der Waals surface area contributed by atoms with Crippen LogP contribution in [0.25, 0.3) is 17.5 Å². The number of tetrazole rings is 1. The zero-order chi connectivity index (χ0) is 22.7. The van der Waals surface area contributed by atoms with Gasteiger partial charge in [0.25, 0.3) is 0 Å². The van der Waals surface area contributed by atoms with Gasteiger partial charge < -0.3 is 14.8 Å². The smallest absolute Gasteiger partial charge is 0.248 e. The van der Waals surface area contributed by atoms with Crippen LogP contribution in [-0.2, 0) is 4.79 Å². The number of benzene rings is 2. The number of hydrogen-bond acceptors (Lipinski definition) is 6. The van der Waals surface area contributed by atoms with Gasteiger partial charge in [0, 0.05) is 17.3 Å². The van der Waals surface area contributed by atoms with E-state index >= 15 is 0 Å². The number of carbonyl (C=O) groups is 1. The molecule has 1 heterocycles. The Bertz CT molecular complexity index is 1140. The Balaban J connectivity index is 1.42. The summed E-state index contributed by atoms with van der Waals surface area (Å²) in [5.41, 5.74) is 2.30. The average Bonchev–Trinajstić information content (AvgIpc) is 3.50. The molecule has 0 unspecified atom stereocenters. The maximum absolute atomic E-state index is 12.4. The Kier molecular flexibility index (Phi) is 6.41. The first-order valence-electron chi connectivity index (χ1n) is 10.4. The Morgan fingerprint density at radius 2 is 2.00 bits per heavy atom. The molecule has 32 heavy (non-hydrogen) atoms. The van der Waals surface area contributed by atoms with E-state index in [4.69, 9.17) is 21.1 Å². The first-order chi connectivity index (χ1) is 15.4. The van der Waals surface area contributed by atoms with Crippen LogP contribution in [-0.4, -0.2) is 39.3 Å². The second-order valence-corrected chi connectivity index (χ2v) is 8.19. The summed E-state index contributed by atoms with van der Waals surface area (Å²) in [4.78, 5) is 12.4. The summed E-state index contributed by atoms with van der Waals surface area (Å²) in [5, 5.41) is 15.2. The van der Waals surface area contributed by atoms with E-state index in [9.17, 15) is 4.79 Å². The second-order valence-electron chi connectivity index (χ2n) is 7.78. The van der Waals surface area contributed by atoms with Crippen LogP contribution in [0.5, 0.6) is 11.5 Å². The number of methoxy groups -OCH3 is 1. The van der Waals surface area contributed by atoms with Crippen molar-refractivity contribution in [2.45, 2.75) is 38.8 Å². The maximum Gasteiger partial charge on any atom is 0.248 e. The van der Waals surface area contributed by atoms with Crippen LogP contribution in [0.1, 0.15) is 38.3 Å². The van der Waals surface area contributed by atoms with Crippen LogP contribution in [0.4, 0.5) is 5.69 Å². The minimum atomic E-state index is -0.266. The molecule has 0 aliphatic heterocycles.